The second-order valence-electron chi connectivity index (χ2n) is 3.97. The highest BCUT2D eigenvalue weighted by atomic mass is 32.2. The topological polar surface area (TPSA) is 60.0 Å². The Morgan fingerprint density at radius 2 is 2.33 bits per heavy atom. The van der Waals surface area contributed by atoms with Gasteiger partial charge < -0.3 is 9.47 Å². The van der Waals surface area contributed by atoms with Crippen LogP contribution in [0.1, 0.15) is 11.7 Å². The van der Waals surface area contributed by atoms with Crippen molar-refractivity contribution in [3.05, 3.63) is 36.0 Å². The Balaban J connectivity index is 1.85. The number of nitrogens with one attached hydrogen (secondary N) is 1. The van der Waals surface area contributed by atoms with Crippen LogP contribution in [0.15, 0.2) is 35.5 Å². The number of rotatable bonds is 3. The van der Waals surface area contributed by atoms with Crippen LogP contribution in [0.3, 0.4) is 0 Å². The number of thioether (sulfide) groups is 1. The van der Waals surface area contributed by atoms with E-state index in [1.807, 2.05) is 24.3 Å². The van der Waals surface area contributed by atoms with Gasteiger partial charge in [-0.1, -0.05) is 30.0 Å². The second-order valence-corrected chi connectivity index (χ2v) is 5.23. The van der Waals surface area contributed by atoms with Gasteiger partial charge in [-0.05, 0) is 6.07 Å². The van der Waals surface area contributed by atoms with Gasteiger partial charge in [-0.15, -0.1) is 5.10 Å². The Bertz CT molecular complexity index is 518. The average molecular weight is 263 g/mol. The maximum absolute atomic E-state index is 5.76. The Morgan fingerprint density at radius 1 is 1.44 bits per heavy atom. The van der Waals surface area contributed by atoms with Crippen molar-refractivity contribution in [3.8, 4) is 5.75 Å². The molecule has 1 aromatic carbocycles. The van der Waals surface area contributed by atoms with Crippen LogP contribution in [-0.4, -0.2) is 34.4 Å². The molecule has 0 amide bonds. The molecule has 0 radical (unpaired) electrons. The van der Waals surface area contributed by atoms with E-state index in [4.69, 9.17) is 9.47 Å². The van der Waals surface area contributed by atoms with Crippen LogP contribution >= 0.6 is 11.8 Å². The van der Waals surface area contributed by atoms with Gasteiger partial charge in [-0.2, -0.15) is 10.3 Å². The first-order valence-electron chi connectivity index (χ1n) is 5.65. The molecule has 0 spiro atoms. The minimum Gasteiger partial charge on any atom is -0.492 e. The molecule has 1 N–H and O–H groups in total. The molecule has 0 bridgehead atoms. The van der Waals surface area contributed by atoms with Crippen molar-refractivity contribution in [2.45, 2.75) is 16.4 Å². The molecular weight excluding hydrogens is 250 g/mol. The van der Waals surface area contributed by atoms with Crippen molar-refractivity contribution in [2.24, 2.45) is 0 Å². The van der Waals surface area contributed by atoms with E-state index in [-0.39, 0.29) is 11.4 Å². The molecule has 1 aliphatic heterocycles. The van der Waals surface area contributed by atoms with E-state index in [2.05, 4.69) is 15.4 Å². The molecule has 0 unspecified atom stereocenters. The average Bonchev–Trinajstić information content (AvgIpc) is 2.91. The molecule has 0 saturated carbocycles. The number of fused-ring (bicyclic) bond motifs is 1. The van der Waals surface area contributed by atoms with Crippen LogP contribution in [0.4, 0.5) is 0 Å². The summed E-state index contributed by atoms with van der Waals surface area (Å²) in [6, 6.07) is 7.98. The standard InChI is InChI=1S/C12H13N3O2S/c1-16-12-8-4-2-3-5-9(8)17-7-10(12)18-11-6-13-15-14-11/h2-6,10,12H,7H2,1H3,(H,13,14,15)/t10-,12+/m1/s1. The summed E-state index contributed by atoms with van der Waals surface area (Å²) in [4.78, 5) is 0. The first-order valence-corrected chi connectivity index (χ1v) is 6.53. The van der Waals surface area contributed by atoms with Crippen LogP contribution in [0.2, 0.25) is 0 Å². The van der Waals surface area contributed by atoms with Crippen molar-refractivity contribution in [1.82, 2.24) is 15.4 Å². The summed E-state index contributed by atoms with van der Waals surface area (Å²) < 4.78 is 11.4. The highest BCUT2D eigenvalue weighted by Gasteiger charge is 2.32. The summed E-state index contributed by atoms with van der Waals surface area (Å²) in [6.07, 6.45) is 1.72. The monoisotopic (exact) mass is 263 g/mol. The van der Waals surface area contributed by atoms with Gasteiger partial charge in [0.1, 0.15) is 23.5 Å². The first-order chi connectivity index (χ1) is 8.88. The number of benzene rings is 1. The number of aromatic amines is 1. The minimum atomic E-state index is 0.0108. The summed E-state index contributed by atoms with van der Waals surface area (Å²) in [6.45, 7) is 0.604. The third-order valence-corrected chi connectivity index (χ3v) is 4.01. The Labute approximate surface area is 109 Å². The fourth-order valence-corrected chi connectivity index (χ4v) is 3.12. The molecule has 1 aliphatic rings. The lowest BCUT2D eigenvalue weighted by Gasteiger charge is -2.31. The third-order valence-electron chi connectivity index (χ3n) is 2.89. The maximum atomic E-state index is 5.76. The van der Waals surface area contributed by atoms with Crippen LogP contribution < -0.4 is 4.74 Å². The molecule has 2 heterocycles. The summed E-state index contributed by atoms with van der Waals surface area (Å²) in [7, 11) is 1.73. The van der Waals surface area contributed by atoms with Crippen molar-refractivity contribution in [2.75, 3.05) is 13.7 Å². The largest absolute Gasteiger partial charge is 0.492 e. The van der Waals surface area contributed by atoms with E-state index in [1.165, 1.54) is 0 Å². The Hall–Kier alpha value is -1.53. The van der Waals surface area contributed by atoms with Crippen LogP contribution in [0.5, 0.6) is 5.75 Å². The molecule has 1 aromatic heterocycles. The van der Waals surface area contributed by atoms with E-state index in [0.717, 1.165) is 16.3 Å². The molecule has 3 rings (SSSR count). The summed E-state index contributed by atoms with van der Waals surface area (Å²) in [5, 5.41) is 11.5. The number of nitrogens with zero attached hydrogens (tertiary/aromatic N) is 2. The molecule has 94 valence electrons. The smallest absolute Gasteiger partial charge is 0.139 e. The lowest BCUT2D eigenvalue weighted by Crippen LogP contribution is -2.29. The van der Waals surface area contributed by atoms with E-state index >= 15 is 0 Å². The van der Waals surface area contributed by atoms with Crippen molar-refractivity contribution >= 4 is 11.8 Å². The lowest BCUT2D eigenvalue weighted by molar-refractivity contribution is 0.0697. The predicted molar refractivity (Wildman–Crippen MR) is 67.7 cm³/mol. The molecule has 0 fully saturated rings. The number of methoxy groups -OCH3 is 1. The highest BCUT2D eigenvalue weighted by molar-refractivity contribution is 7.99. The molecule has 0 saturated heterocycles. The van der Waals surface area contributed by atoms with Gasteiger partial charge in [0.2, 0.25) is 0 Å². The van der Waals surface area contributed by atoms with E-state index in [0.29, 0.717) is 6.61 Å². The van der Waals surface area contributed by atoms with Gasteiger partial charge in [0.05, 0.1) is 11.4 Å². The minimum absolute atomic E-state index is 0.0108. The van der Waals surface area contributed by atoms with Crippen molar-refractivity contribution < 1.29 is 9.47 Å². The fraction of sp³-hybridized carbons (Fsp3) is 0.333. The number of ether oxygens (including phenoxy) is 2. The first kappa shape index (κ1) is 11.6. The zero-order valence-electron chi connectivity index (χ0n) is 9.87. The zero-order chi connectivity index (χ0) is 12.4. The van der Waals surface area contributed by atoms with Crippen LogP contribution in [-0.2, 0) is 4.74 Å². The van der Waals surface area contributed by atoms with Crippen molar-refractivity contribution in [3.63, 3.8) is 0 Å². The number of para-hydroxylation sites is 1. The van der Waals surface area contributed by atoms with Crippen LogP contribution in [0, 0.1) is 0 Å². The van der Waals surface area contributed by atoms with Gasteiger partial charge in [0, 0.05) is 12.7 Å². The van der Waals surface area contributed by atoms with E-state index < -0.39 is 0 Å². The molecule has 18 heavy (non-hydrogen) atoms. The summed E-state index contributed by atoms with van der Waals surface area (Å²) in [5.41, 5.74) is 1.09. The van der Waals surface area contributed by atoms with Gasteiger partial charge in [-0.3, -0.25) is 0 Å². The Kier molecular flexibility index (Phi) is 3.21. The lowest BCUT2D eigenvalue weighted by atomic mass is 10.0. The van der Waals surface area contributed by atoms with Gasteiger partial charge in [0.25, 0.3) is 0 Å². The molecule has 6 heteroatoms. The quantitative estimate of drug-likeness (QED) is 0.918. The number of hydrogen-bond acceptors (Lipinski definition) is 5. The summed E-state index contributed by atoms with van der Waals surface area (Å²) in [5.74, 6) is 0.904. The molecule has 2 aromatic rings. The number of hydrogen-bond donors (Lipinski definition) is 1. The second kappa shape index (κ2) is 4.99. The normalized spacial score (nSPS) is 22.3. The number of H-pyrrole nitrogens is 1. The highest BCUT2D eigenvalue weighted by Crippen LogP contribution is 2.40. The molecule has 5 nitrogen and oxygen atoms in total. The van der Waals surface area contributed by atoms with Gasteiger partial charge in [-0.25, -0.2) is 0 Å². The molecular formula is C12H13N3O2S. The zero-order valence-corrected chi connectivity index (χ0v) is 10.7. The van der Waals surface area contributed by atoms with Crippen molar-refractivity contribution in [1.29, 1.82) is 0 Å². The fourth-order valence-electron chi connectivity index (χ4n) is 2.08. The number of aromatic nitrogens is 3. The van der Waals surface area contributed by atoms with Gasteiger partial charge >= 0.3 is 0 Å². The SMILES string of the molecule is CO[C@H]1c2ccccc2OC[C@H]1Sc1cn[nH]n1. The molecule has 2 atom stereocenters. The Morgan fingerprint density at radius 3 is 3.11 bits per heavy atom. The van der Waals surface area contributed by atoms with E-state index in [1.54, 1.807) is 25.1 Å². The van der Waals surface area contributed by atoms with Gasteiger partial charge in [0.15, 0.2) is 0 Å². The van der Waals surface area contributed by atoms with Crippen LogP contribution in [0.25, 0.3) is 0 Å². The predicted octanol–water partition coefficient (Wildman–Crippen LogP) is 2.05. The maximum Gasteiger partial charge on any atom is 0.139 e. The summed E-state index contributed by atoms with van der Waals surface area (Å²) >= 11 is 1.61. The third kappa shape index (κ3) is 2.09. The van der Waals surface area contributed by atoms with E-state index in [9.17, 15) is 0 Å². The molecule has 0 aliphatic carbocycles.